The third-order valence-electron chi connectivity index (χ3n) is 3.10. The summed E-state index contributed by atoms with van der Waals surface area (Å²) in [6.07, 6.45) is 0.0399. The maximum atomic E-state index is 12.6. The van der Waals surface area contributed by atoms with E-state index >= 15 is 0 Å². The minimum Gasteiger partial charge on any atom is -0.373 e. The molecule has 0 spiro atoms. The zero-order chi connectivity index (χ0) is 14.0. The largest absolute Gasteiger partial charge is 0.373 e. The van der Waals surface area contributed by atoms with Crippen molar-refractivity contribution in [2.75, 3.05) is 18.5 Å². The van der Waals surface area contributed by atoms with Gasteiger partial charge in [-0.1, -0.05) is 27.5 Å². The van der Waals surface area contributed by atoms with E-state index in [9.17, 15) is 4.79 Å². The second-order valence-electron chi connectivity index (χ2n) is 4.54. The second-order valence-corrected chi connectivity index (χ2v) is 6.48. The van der Waals surface area contributed by atoms with E-state index in [0.29, 0.717) is 23.7 Å². The summed E-state index contributed by atoms with van der Waals surface area (Å²) in [5.74, 6) is -0.0175. The van der Waals surface area contributed by atoms with Crippen LogP contribution in [0.4, 0.5) is 0 Å². The summed E-state index contributed by atoms with van der Waals surface area (Å²) in [6, 6.07) is 5.31. The first kappa shape index (κ1) is 15.3. The minimum atomic E-state index is -0.0175. The van der Waals surface area contributed by atoms with Gasteiger partial charge in [-0.05, 0) is 41.1 Å². The van der Waals surface area contributed by atoms with Crippen molar-refractivity contribution in [3.05, 3.63) is 33.3 Å². The van der Waals surface area contributed by atoms with Crippen molar-refractivity contribution in [3.63, 3.8) is 0 Å². The van der Waals surface area contributed by atoms with Gasteiger partial charge in [-0.2, -0.15) is 0 Å². The fourth-order valence-electron chi connectivity index (χ4n) is 2.01. The molecule has 0 saturated carbocycles. The molecule has 2 rings (SSSR count). The number of hydrogen-bond donors (Lipinski definition) is 0. The van der Waals surface area contributed by atoms with Crippen molar-refractivity contribution in [3.8, 4) is 0 Å². The first-order valence-corrected chi connectivity index (χ1v) is 8.25. The predicted molar refractivity (Wildman–Crippen MR) is 83.2 cm³/mol. The van der Waals surface area contributed by atoms with Gasteiger partial charge in [0.05, 0.1) is 24.3 Å². The molecule has 1 fully saturated rings. The van der Waals surface area contributed by atoms with Gasteiger partial charge in [0.25, 0.3) is 5.91 Å². The lowest BCUT2D eigenvalue weighted by Crippen LogP contribution is -2.51. The number of amides is 1. The molecule has 0 N–H and O–H groups in total. The average molecular weight is 412 g/mol. The van der Waals surface area contributed by atoms with E-state index < -0.39 is 0 Å². The smallest absolute Gasteiger partial charge is 0.255 e. The van der Waals surface area contributed by atoms with Crippen molar-refractivity contribution < 1.29 is 9.53 Å². The summed E-state index contributed by atoms with van der Waals surface area (Å²) in [5.41, 5.74) is 0.592. The van der Waals surface area contributed by atoms with Gasteiger partial charge in [-0.25, -0.2) is 0 Å². The van der Waals surface area contributed by atoms with Crippen LogP contribution in [0.25, 0.3) is 0 Å². The lowest BCUT2D eigenvalue weighted by atomic mass is 10.1. The summed E-state index contributed by atoms with van der Waals surface area (Å²) >= 11 is 12.8. The number of halogens is 3. The highest BCUT2D eigenvalue weighted by Crippen LogP contribution is 2.25. The highest BCUT2D eigenvalue weighted by Gasteiger charge is 2.30. The SMILES string of the molecule is CC1COC(CBr)CN1C(=O)c1cc(Cl)ccc1Br. The molecule has 1 saturated heterocycles. The molecule has 0 bridgehead atoms. The van der Waals surface area contributed by atoms with Gasteiger partial charge in [-0.3, -0.25) is 4.79 Å². The Bertz CT molecular complexity index is 484. The molecule has 1 aliphatic rings. The lowest BCUT2D eigenvalue weighted by molar-refractivity contribution is -0.0361. The van der Waals surface area contributed by atoms with E-state index in [-0.39, 0.29) is 18.1 Å². The zero-order valence-electron chi connectivity index (χ0n) is 10.4. The Morgan fingerprint density at radius 1 is 1.58 bits per heavy atom. The van der Waals surface area contributed by atoms with Gasteiger partial charge >= 0.3 is 0 Å². The van der Waals surface area contributed by atoms with Crippen LogP contribution in [0.5, 0.6) is 0 Å². The third-order valence-corrected chi connectivity index (χ3v) is 4.75. The van der Waals surface area contributed by atoms with Gasteiger partial charge in [0, 0.05) is 21.4 Å². The Hall–Kier alpha value is -0.100. The molecule has 0 aromatic heterocycles. The highest BCUT2D eigenvalue weighted by molar-refractivity contribution is 9.10. The second kappa shape index (κ2) is 6.57. The van der Waals surface area contributed by atoms with Crippen molar-refractivity contribution >= 4 is 49.4 Å². The fraction of sp³-hybridized carbons (Fsp3) is 0.462. The van der Waals surface area contributed by atoms with Crippen LogP contribution in [-0.2, 0) is 4.74 Å². The number of hydrogen-bond acceptors (Lipinski definition) is 2. The van der Waals surface area contributed by atoms with Crippen LogP contribution in [0, 0.1) is 0 Å². The number of carbonyl (C=O) groups is 1. The molecule has 19 heavy (non-hydrogen) atoms. The van der Waals surface area contributed by atoms with E-state index in [1.165, 1.54) is 0 Å². The zero-order valence-corrected chi connectivity index (χ0v) is 14.3. The molecule has 2 atom stereocenters. The van der Waals surface area contributed by atoms with Crippen molar-refractivity contribution in [1.82, 2.24) is 4.90 Å². The number of carbonyl (C=O) groups excluding carboxylic acids is 1. The molecular formula is C13H14Br2ClNO2. The molecular weight excluding hydrogens is 397 g/mol. The fourth-order valence-corrected chi connectivity index (χ4v) is 2.99. The standard InChI is InChI=1S/C13H14Br2ClNO2/c1-8-7-19-10(5-14)6-17(8)13(18)11-4-9(16)2-3-12(11)15/h2-4,8,10H,5-7H2,1H3. The quantitative estimate of drug-likeness (QED) is 0.694. The average Bonchev–Trinajstić information content (AvgIpc) is 2.41. The molecule has 104 valence electrons. The number of benzene rings is 1. The summed E-state index contributed by atoms with van der Waals surface area (Å²) in [4.78, 5) is 14.5. The lowest BCUT2D eigenvalue weighted by Gasteiger charge is -2.37. The Morgan fingerprint density at radius 2 is 2.32 bits per heavy atom. The van der Waals surface area contributed by atoms with Crippen molar-refractivity contribution in [1.29, 1.82) is 0 Å². The normalized spacial score (nSPS) is 23.5. The van der Waals surface area contributed by atoms with E-state index in [1.54, 1.807) is 18.2 Å². The van der Waals surface area contributed by atoms with E-state index in [0.717, 1.165) is 9.80 Å². The van der Waals surface area contributed by atoms with Crippen LogP contribution in [0.2, 0.25) is 5.02 Å². The summed E-state index contributed by atoms with van der Waals surface area (Å²) in [6.45, 7) is 3.13. The summed E-state index contributed by atoms with van der Waals surface area (Å²) in [5, 5.41) is 1.28. The summed E-state index contributed by atoms with van der Waals surface area (Å²) < 4.78 is 6.39. The van der Waals surface area contributed by atoms with Gasteiger partial charge in [-0.15, -0.1) is 0 Å². The van der Waals surface area contributed by atoms with Crippen LogP contribution < -0.4 is 0 Å². The predicted octanol–water partition coefficient (Wildman–Crippen LogP) is 3.73. The molecule has 0 radical (unpaired) electrons. The maximum Gasteiger partial charge on any atom is 0.255 e. The molecule has 1 heterocycles. The highest BCUT2D eigenvalue weighted by atomic mass is 79.9. The molecule has 2 unspecified atom stereocenters. The number of alkyl halides is 1. The molecule has 1 aromatic carbocycles. The third kappa shape index (κ3) is 3.51. The molecule has 0 aliphatic carbocycles. The van der Waals surface area contributed by atoms with Crippen LogP contribution >= 0.6 is 43.5 Å². The van der Waals surface area contributed by atoms with Gasteiger partial charge < -0.3 is 9.64 Å². The monoisotopic (exact) mass is 409 g/mol. The molecule has 6 heteroatoms. The topological polar surface area (TPSA) is 29.5 Å². The number of rotatable bonds is 2. The van der Waals surface area contributed by atoms with E-state index in [1.807, 2.05) is 11.8 Å². The van der Waals surface area contributed by atoms with E-state index in [4.69, 9.17) is 16.3 Å². The summed E-state index contributed by atoms with van der Waals surface area (Å²) in [7, 11) is 0. The Balaban J connectivity index is 2.24. The number of ether oxygens (including phenoxy) is 1. The van der Waals surface area contributed by atoms with Crippen molar-refractivity contribution in [2.24, 2.45) is 0 Å². The van der Waals surface area contributed by atoms with Crippen LogP contribution in [0.3, 0.4) is 0 Å². The number of nitrogens with zero attached hydrogens (tertiary/aromatic N) is 1. The van der Waals surface area contributed by atoms with Gasteiger partial charge in [0.2, 0.25) is 0 Å². The van der Waals surface area contributed by atoms with Crippen LogP contribution in [0.1, 0.15) is 17.3 Å². The molecule has 1 aliphatic heterocycles. The van der Waals surface area contributed by atoms with Gasteiger partial charge in [0.1, 0.15) is 0 Å². The first-order valence-electron chi connectivity index (χ1n) is 5.96. The molecule has 3 nitrogen and oxygen atoms in total. The number of morpholine rings is 1. The Morgan fingerprint density at radius 3 is 3.00 bits per heavy atom. The first-order chi connectivity index (χ1) is 9.02. The molecule has 1 aromatic rings. The maximum absolute atomic E-state index is 12.6. The Labute approximate surface area is 134 Å². The minimum absolute atomic E-state index is 0.0175. The molecule has 1 amide bonds. The Kier molecular flexibility index (Phi) is 5.29. The van der Waals surface area contributed by atoms with Crippen LogP contribution in [-0.4, -0.2) is 41.4 Å². The van der Waals surface area contributed by atoms with Crippen LogP contribution in [0.15, 0.2) is 22.7 Å². The van der Waals surface area contributed by atoms with Crippen molar-refractivity contribution in [2.45, 2.75) is 19.1 Å². The van der Waals surface area contributed by atoms with E-state index in [2.05, 4.69) is 31.9 Å². The van der Waals surface area contributed by atoms with Gasteiger partial charge in [0.15, 0.2) is 0 Å².